The van der Waals surface area contributed by atoms with Gasteiger partial charge in [-0.25, -0.2) is 4.39 Å². The van der Waals surface area contributed by atoms with Gasteiger partial charge in [-0.1, -0.05) is 0 Å². The minimum Gasteiger partial charge on any atom is -0.368 e. The molecule has 0 aliphatic carbocycles. The fourth-order valence-electron chi connectivity index (χ4n) is 4.69. The predicted molar refractivity (Wildman–Crippen MR) is 128 cm³/mol. The van der Waals surface area contributed by atoms with Crippen LogP contribution in [-0.4, -0.2) is 65.0 Å². The molecular formula is C26H33FN4O3. The van der Waals surface area contributed by atoms with Crippen molar-refractivity contribution in [3.8, 4) is 0 Å². The number of carbonyl (C=O) groups excluding carboxylic acids is 2. The summed E-state index contributed by atoms with van der Waals surface area (Å²) >= 11 is 0. The first-order valence-electron chi connectivity index (χ1n) is 11.9. The monoisotopic (exact) mass is 468 g/mol. The van der Waals surface area contributed by atoms with E-state index in [1.54, 1.807) is 6.07 Å². The van der Waals surface area contributed by atoms with Gasteiger partial charge in [0.2, 0.25) is 0 Å². The maximum atomic E-state index is 14.5. The van der Waals surface area contributed by atoms with Crippen molar-refractivity contribution in [1.82, 2.24) is 14.8 Å². The number of amides is 2. The van der Waals surface area contributed by atoms with Crippen molar-refractivity contribution in [1.29, 1.82) is 0 Å². The zero-order valence-electron chi connectivity index (χ0n) is 20.4. The zero-order valence-corrected chi connectivity index (χ0v) is 20.4. The molecule has 0 bridgehead atoms. The van der Waals surface area contributed by atoms with Crippen molar-refractivity contribution >= 4 is 17.5 Å². The summed E-state index contributed by atoms with van der Waals surface area (Å²) in [5, 5.41) is 2.85. The number of anilines is 1. The number of rotatable bonds is 5. The van der Waals surface area contributed by atoms with Crippen molar-refractivity contribution in [2.75, 3.05) is 31.6 Å². The molecule has 4 rings (SSSR count). The third kappa shape index (κ3) is 5.28. The Morgan fingerprint density at radius 1 is 1.21 bits per heavy atom. The molecule has 0 spiro atoms. The molecule has 2 fully saturated rings. The van der Waals surface area contributed by atoms with Crippen LogP contribution in [0.3, 0.4) is 0 Å². The molecule has 2 aliphatic rings. The average molecular weight is 469 g/mol. The summed E-state index contributed by atoms with van der Waals surface area (Å²) in [7, 11) is 0. The van der Waals surface area contributed by atoms with Crippen LogP contribution >= 0.6 is 0 Å². The predicted octanol–water partition coefficient (Wildman–Crippen LogP) is 3.61. The Morgan fingerprint density at radius 2 is 2.00 bits per heavy atom. The van der Waals surface area contributed by atoms with E-state index in [1.165, 1.54) is 18.3 Å². The molecule has 182 valence electrons. The van der Waals surface area contributed by atoms with Gasteiger partial charge in [-0.15, -0.1) is 0 Å². The maximum absolute atomic E-state index is 14.5. The Bertz CT molecular complexity index is 1080. The Kier molecular flexibility index (Phi) is 7.28. The van der Waals surface area contributed by atoms with Gasteiger partial charge in [0.05, 0.1) is 5.56 Å². The Balaban J connectivity index is 1.43. The van der Waals surface area contributed by atoms with E-state index >= 15 is 0 Å². The highest BCUT2D eigenvalue weighted by molar-refractivity contribution is 6.04. The first-order chi connectivity index (χ1) is 16.2. The number of halogens is 1. The average Bonchev–Trinajstić information content (AvgIpc) is 3.33. The molecule has 8 heteroatoms. The molecule has 2 saturated heterocycles. The van der Waals surface area contributed by atoms with E-state index < -0.39 is 5.82 Å². The second kappa shape index (κ2) is 10.2. The molecule has 1 aromatic heterocycles. The van der Waals surface area contributed by atoms with E-state index in [9.17, 15) is 14.0 Å². The lowest BCUT2D eigenvalue weighted by atomic mass is 10.0. The van der Waals surface area contributed by atoms with Gasteiger partial charge in [-0.05, 0) is 75.4 Å². The molecule has 7 nitrogen and oxygen atoms in total. The number of nitrogens with one attached hydrogen (secondary N) is 1. The van der Waals surface area contributed by atoms with Crippen molar-refractivity contribution < 1.29 is 18.7 Å². The van der Waals surface area contributed by atoms with E-state index in [-0.39, 0.29) is 24.0 Å². The van der Waals surface area contributed by atoms with Gasteiger partial charge in [-0.2, -0.15) is 0 Å². The Labute approximate surface area is 200 Å². The molecule has 1 aromatic carbocycles. The Hall–Kier alpha value is -2.84. The highest BCUT2D eigenvalue weighted by Crippen LogP contribution is 2.25. The smallest absolute Gasteiger partial charge is 0.257 e. The van der Waals surface area contributed by atoms with Crippen LogP contribution in [0.5, 0.6) is 0 Å². The van der Waals surface area contributed by atoms with E-state index in [0.717, 1.165) is 35.2 Å². The molecule has 3 heterocycles. The zero-order chi connectivity index (χ0) is 24.4. The molecule has 2 amide bonds. The van der Waals surface area contributed by atoms with Gasteiger partial charge in [0.15, 0.2) is 0 Å². The summed E-state index contributed by atoms with van der Waals surface area (Å²) in [6.45, 7) is 11.0. The van der Waals surface area contributed by atoms with Crippen LogP contribution in [0.15, 0.2) is 24.4 Å². The molecule has 0 unspecified atom stereocenters. The van der Waals surface area contributed by atoms with E-state index in [1.807, 2.05) is 32.6 Å². The van der Waals surface area contributed by atoms with Gasteiger partial charge in [0, 0.05) is 56.4 Å². The number of aryl methyl sites for hydroxylation is 2. The molecule has 2 aliphatic heterocycles. The molecule has 34 heavy (non-hydrogen) atoms. The number of ether oxygens (including phenoxy) is 1. The summed E-state index contributed by atoms with van der Waals surface area (Å²) in [6, 6.07) is 4.71. The standard InChI is InChI=1S/C26H33FN4O3/c1-16-10-20(13-28-19(16)4)25(32)29-23-12-22(27)11-21(18(23)3)15-30-7-8-31(17(2)14-30)26(33)24-6-5-9-34-24/h10-13,17,24H,5-9,14-15H2,1-4H3,(H,29,32)/t17-,24+/m0/s1. The summed E-state index contributed by atoms with van der Waals surface area (Å²) in [5.74, 6) is -0.628. The number of nitrogens with zero attached hydrogens (tertiary/aromatic N) is 3. The minimum absolute atomic E-state index is 0.0516. The van der Waals surface area contributed by atoms with Crippen molar-refractivity contribution in [2.45, 2.75) is 59.2 Å². The van der Waals surface area contributed by atoms with Crippen molar-refractivity contribution in [2.24, 2.45) is 0 Å². The van der Waals surface area contributed by atoms with E-state index in [4.69, 9.17) is 4.74 Å². The topological polar surface area (TPSA) is 74.8 Å². The molecule has 2 aromatic rings. The fraction of sp³-hybridized carbons (Fsp3) is 0.500. The maximum Gasteiger partial charge on any atom is 0.257 e. The number of hydrogen-bond donors (Lipinski definition) is 1. The molecule has 0 radical (unpaired) electrons. The van der Waals surface area contributed by atoms with Crippen LogP contribution < -0.4 is 5.32 Å². The van der Waals surface area contributed by atoms with Gasteiger partial charge in [0.1, 0.15) is 11.9 Å². The number of piperazine rings is 1. The van der Waals surface area contributed by atoms with Crippen LogP contribution in [0.1, 0.15) is 52.5 Å². The van der Waals surface area contributed by atoms with Gasteiger partial charge in [-0.3, -0.25) is 19.5 Å². The SMILES string of the molecule is Cc1cc(C(=O)Nc2cc(F)cc(CN3CCN(C(=O)[C@H]4CCCO4)[C@@H](C)C3)c2C)cnc1C. The molecule has 2 atom stereocenters. The largest absolute Gasteiger partial charge is 0.368 e. The number of carbonyl (C=O) groups is 2. The van der Waals surface area contributed by atoms with Crippen LogP contribution in [0.4, 0.5) is 10.1 Å². The number of pyridine rings is 1. The lowest BCUT2D eigenvalue weighted by Gasteiger charge is -2.41. The van der Waals surface area contributed by atoms with Crippen LogP contribution in [0, 0.1) is 26.6 Å². The third-order valence-corrected chi connectivity index (χ3v) is 6.92. The minimum atomic E-state index is -0.394. The Morgan fingerprint density at radius 3 is 2.68 bits per heavy atom. The highest BCUT2D eigenvalue weighted by atomic mass is 19.1. The second-order valence-electron chi connectivity index (χ2n) is 9.44. The number of aromatic nitrogens is 1. The lowest BCUT2D eigenvalue weighted by molar-refractivity contribution is -0.145. The van der Waals surface area contributed by atoms with E-state index in [2.05, 4.69) is 15.2 Å². The summed E-state index contributed by atoms with van der Waals surface area (Å²) < 4.78 is 20.1. The molecule has 1 N–H and O–H groups in total. The van der Waals surface area contributed by atoms with Gasteiger partial charge >= 0.3 is 0 Å². The van der Waals surface area contributed by atoms with Gasteiger partial charge in [0.25, 0.3) is 11.8 Å². The first-order valence-corrected chi connectivity index (χ1v) is 11.9. The van der Waals surface area contributed by atoms with E-state index in [0.29, 0.717) is 44.0 Å². The molecule has 0 saturated carbocycles. The van der Waals surface area contributed by atoms with Gasteiger partial charge < -0.3 is 15.0 Å². The third-order valence-electron chi connectivity index (χ3n) is 6.92. The van der Waals surface area contributed by atoms with Crippen LogP contribution in [0.25, 0.3) is 0 Å². The van der Waals surface area contributed by atoms with Crippen molar-refractivity contribution in [3.05, 3.63) is 58.2 Å². The van der Waals surface area contributed by atoms with Crippen LogP contribution in [-0.2, 0) is 16.1 Å². The summed E-state index contributed by atoms with van der Waals surface area (Å²) in [4.78, 5) is 33.9. The highest BCUT2D eigenvalue weighted by Gasteiger charge is 2.34. The quantitative estimate of drug-likeness (QED) is 0.726. The summed E-state index contributed by atoms with van der Waals surface area (Å²) in [6.07, 6.45) is 2.95. The normalized spacial score (nSPS) is 21.0. The molecular weight excluding hydrogens is 435 g/mol. The summed E-state index contributed by atoms with van der Waals surface area (Å²) in [5.41, 5.74) is 4.34. The first kappa shape index (κ1) is 24.3. The second-order valence-corrected chi connectivity index (χ2v) is 9.44. The number of hydrogen-bond acceptors (Lipinski definition) is 5. The fourth-order valence-corrected chi connectivity index (χ4v) is 4.69. The van der Waals surface area contributed by atoms with Crippen LogP contribution in [0.2, 0.25) is 0 Å². The lowest BCUT2D eigenvalue weighted by Crippen LogP contribution is -2.55. The number of benzene rings is 1. The van der Waals surface area contributed by atoms with Crippen molar-refractivity contribution in [3.63, 3.8) is 0 Å².